The second-order valence-corrected chi connectivity index (χ2v) is 9.09. The summed E-state index contributed by atoms with van der Waals surface area (Å²) in [6, 6.07) is 3.76. The Morgan fingerprint density at radius 2 is 2.06 bits per heavy atom. The number of rotatable bonds is 9. The third-order valence-electron chi connectivity index (χ3n) is 4.75. The van der Waals surface area contributed by atoms with Crippen LogP contribution >= 0.6 is 23.1 Å². The smallest absolute Gasteiger partial charge is 0.404 e. The van der Waals surface area contributed by atoms with Crippen LogP contribution in [-0.2, 0) is 36.8 Å². The number of carboxylic acid groups (broad SMARTS) is 1. The highest BCUT2D eigenvalue weighted by Crippen LogP contribution is 2.46. The summed E-state index contributed by atoms with van der Waals surface area (Å²) in [4.78, 5) is 51.2. The van der Waals surface area contributed by atoms with Crippen molar-refractivity contribution in [1.82, 2.24) is 15.5 Å². The number of methoxy groups -OCH3 is 1. The van der Waals surface area contributed by atoms with Crippen molar-refractivity contribution >= 4 is 47.0 Å². The number of thiophene rings is 1. The molecule has 3 rings (SSSR count). The number of hydrogen-bond donors (Lipinski definition) is 4. The van der Waals surface area contributed by atoms with Gasteiger partial charge in [0, 0.05) is 34.7 Å². The first-order chi connectivity index (χ1) is 14.7. The zero-order valence-corrected chi connectivity index (χ0v) is 18.4. The molecule has 168 valence electrons. The molecule has 13 heteroatoms. The van der Waals surface area contributed by atoms with E-state index in [1.165, 1.54) is 30.2 Å². The summed E-state index contributed by atoms with van der Waals surface area (Å²) in [5.74, 6) is -2.33. The monoisotopic (exact) mass is 470 g/mol. The molecule has 3 amide bonds. The molecule has 0 radical (unpaired) electrons. The minimum absolute atomic E-state index is 0.0590. The predicted molar refractivity (Wildman–Crippen MR) is 112 cm³/mol. The van der Waals surface area contributed by atoms with E-state index in [2.05, 4.69) is 10.6 Å². The SMILES string of the molecule is CNCc1ccc(CC(=O)N[C@]2(OC)C(=O)N3C(C(=O)O)=C(COC(N)=O)CS[C@@H]32)s1. The molecule has 2 aliphatic rings. The number of carbonyl (C=O) groups is 4. The molecule has 0 aromatic carbocycles. The van der Waals surface area contributed by atoms with Crippen LogP contribution in [0, 0.1) is 0 Å². The molecule has 0 aliphatic carbocycles. The lowest BCUT2D eigenvalue weighted by atomic mass is 9.98. The molecular formula is C18H22N4O7S2. The Hall–Kier alpha value is -2.61. The lowest BCUT2D eigenvalue weighted by Gasteiger charge is -2.55. The molecule has 1 aromatic heterocycles. The normalized spacial score (nSPS) is 22.6. The number of amides is 3. The molecule has 0 bridgehead atoms. The van der Waals surface area contributed by atoms with Crippen molar-refractivity contribution in [2.24, 2.45) is 5.73 Å². The van der Waals surface area contributed by atoms with Crippen LogP contribution in [0.15, 0.2) is 23.4 Å². The zero-order chi connectivity index (χ0) is 22.8. The van der Waals surface area contributed by atoms with Gasteiger partial charge in [-0.15, -0.1) is 23.1 Å². The second-order valence-electron chi connectivity index (χ2n) is 6.77. The number of nitrogens with zero attached hydrogens (tertiary/aromatic N) is 1. The van der Waals surface area contributed by atoms with Gasteiger partial charge in [-0.2, -0.15) is 0 Å². The Balaban J connectivity index is 1.76. The van der Waals surface area contributed by atoms with Crippen LogP contribution in [0.2, 0.25) is 0 Å². The van der Waals surface area contributed by atoms with Gasteiger partial charge in [0.05, 0.1) is 6.42 Å². The topological polar surface area (TPSA) is 160 Å². The molecule has 5 N–H and O–H groups in total. The number of aliphatic carboxylic acids is 1. The number of primary amides is 1. The predicted octanol–water partition coefficient (Wildman–Crippen LogP) is -0.182. The highest BCUT2D eigenvalue weighted by atomic mass is 32.2. The summed E-state index contributed by atoms with van der Waals surface area (Å²) in [5, 5.41) is 14.5. The van der Waals surface area contributed by atoms with Gasteiger partial charge in [-0.3, -0.25) is 14.5 Å². The first-order valence-corrected chi connectivity index (χ1v) is 11.0. The second kappa shape index (κ2) is 9.26. The van der Waals surface area contributed by atoms with E-state index < -0.39 is 35.0 Å². The molecule has 11 nitrogen and oxygen atoms in total. The van der Waals surface area contributed by atoms with Crippen molar-refractivity contribution in [3.05, 3.63) is 33.2 Å². The summed E-state index contributed by atoms with van der Waals surface area (Å²) in [6.07, 6.45) is -0.993. The van der Waals surface area contributed by atoms with Gasteiger partial charge in [-0.1, -0.05) is 0 Å². The molecule has 2 atom stereocenters. The minimum Gasteiger partial charge on any atom is -0.477 e. The Morgan fingerprint density at radius 3 is 2.68 bits per heavy atom. The molecule has 2 aliphatic heterocycles. The van der Waals surface area contributed by atoms with Crippen LogP contribution in [0.3, 0.4) is 0 Å². The maximum absolute atomic E-state index is 13.0. The van der Waals surface area contributed by atoms with Crippen LogP contribution in [0.5, 0.6) is 0 Å². The number of carboxylic acids is 1. The van der Waals surface area contributed by atoms with Crippen LogP contribution in [0.25, 0.3) is 0 Å². The quantitative estimate of drug-likeness (QED) is 0.283. The van der Waals surface area contributed by atoms with E-state index in [0.717, 1.165) is 14.7 Å². The summed E-state index contributed by atoms with van der Waals surface area (Å²) < 4.78 is 10.1. The first-order valence-electron chi connectivity index (χ1n) is 9.14. The van der Waals surface area contributed by atoms with Gasteiger partial charge >= 0.3 is 12.1 Å². The number of fused-ring (bicyclic) bond motifs is 1. The molecule has 1 fully saturated rings. The highest BCUT2D eigenvalue weighted by molar-refractivity contribution is 8.00. The number of hydrogen-bond acceptors (Lipinski definition) is 9. The Labute approximate surface area is 185 Å². The Kier molecular flexibility index (Phi) is 6.89. The van der Waals surface area contributed by atoms with E-state index in [0.29, 0.717) is 6.54 Å². The van der Waals surface area contributed by atoms with E-state index >= 15 is 0 Å². The number of carbonyl (C=O) groups excluding carboxylic acids is 3. The molecule has 31 heavy (non-hydrogen) atoms. The van der Waals surface area contributed by atoms with Gasteiger partial charge in [0.15, 0.2) is 0 Å². The number of nitrogens with one attached hydrogen (secondary N) is 2. The summed E-state index contributed by atoms with van der Waals surface area (Å²) >= 11 is 2.67. The van der Waals surface area contributed by atoms with E-state index in [4.69, 9.17) is 15.2 Å². The van der Waals surface area contributed by atoms with Crippen LogP contribution in [0.1, 0.15) is 9.75 Å². The standard InChI is InChI=1S/C18H22N4O7S2/c1-20-6-11-4-3-10(31-11)5-12(23)21-18(28-2)15(26)22-13(14(24)25)9(7-29-17(19)27)8-30-16(18)22/h3-4,16,20H,5-8H2,1-2H3,(H2,19,27)(H,21,23)(H,24,25)/t16-,18+/m1/s1. The Bertz CT molecular complexity index is 947. The molecule has 1 saturated heterocycles. The minimum atomic E-state index is -1.68. The molecular weight excluding hydrogens is 448 g/mol. The average molecular weight is 471 g/mol. The summed E-state index contributed by atoms with van der Waals surface area (Å²) in [5.41, 5.74) is 3.20. The molecule has 0 unspecified atom stereocenters. The highest BCUT2D eigenvalue weighted by Gasteiger charge is 2.66. The lowest BCUT2D eigenvalue weighted by molar-refractivity contribution is -0.192. The van der Waals surface area contributed by atoms with Gasteiger partial charge in [0.1, 0.15) is 17.7 Å². The van der Waals surface area contributed by atoms with E-state index in [9.17, 15) is 24.3 Å². The fourth-order valence-electron chi connectivity index (χ4n) is 3.41. The lowest BCUT2D eigenvalue weighted by Crippen LogP contribution is -2.80. The molecule has 1 aromatic rings. The fraction of sp³-hybridized carbons (Fsp3) is 0.444. The van der Waals surface area contributed by atoms with Crippen molar-refractivity contribution in [2.45, 2.75) is 24.1 Å². The van der Waals surface area contributed by atoms with E-state index in [-0.39, 0.29) is 30.1 Å². The van der Waals surface area contributed by atoms with Crippen molar-refractivity contribution < 1.29 is 33.8 Å². The number of ether oxygens (including phenoxy) is 2. The average Bonchev–Trinajstić information content (AvgIpc) is 3.16. The van der Waals surface area contributed by atoms with E-state index in [1.54, 1.807) is 0 Å². The molecule has 0 spiro atoms. The van der Waals surface area contributed by atoms with Crippen molar-refractivity contribution in [3.8, 4) is 0 Å². The first kappa shape index (κ1) is 23.1. The van der Waals surface area contributed by atoms with Crippen LogP contribution < -0.4 is 16.4 Å². The number of nitrogens with two attached hydrogens (primary N) is 1. The number of β-lactam (4-membered cyclic amide) rings is 1. The van der Waals surface area contributed by atoms with Crippen LogP contribution in [0.4, 0.5) is 4.79 Å². The van der Waals surface area contributed by atoms with Crippen molar-refractivity contribution in [1.29, 1.82) is 0 Å². The van der Waals surface area contributed by atoms with Gasteiger partial charge < -0.3 is 30.9 Å². The molecule has 0 saturated carbocycles. The third-order valence-corrected chi connectivity index (χ3v) is 7.21. The molecule has 3 heterocycles. The largest absolute Gasteiger partial charge is 0.477 e. The van der Waals surface area contributed by atoms with Crippen molar-refractivity contribution in [2.75, 3.05) is 26.5 Å². The summed E-state index contributed by atoms with van der Waals surface area (Å²) in [7, 11) is 3.11. The van der Waals surface area contributed by atoms with Gasteiger partial charge in [0.25, 0.3) is 11.6 Å². The zero-order valence-electron chi connectivity index (χ0n) is 16.8. The number of thioether (sulfide) groups is 1. The Morgan fingerprint density at radius 1 is 1.35 bits per heavy atom. The van der Waals surface area contributed by atoms with E-state index in [1.807, 2.05) is 19.2 Å². The van der Waals surface area contributed by atoms with Gasteiger partial charge in [0.2, 0.25) is 5.91 Å². The van der Waals surface area contributed by atoms with Crippen molar-refractivity contribution in [3.63, 3.8) is 0 Å². The maximum Gasteiger partial charge on any atom is 0.404 e. The fourth-order valence-corrected chi connectivity index (χ4v) is 5.86. The third kappa shape index (κ3) is 4.39. The maximum atomic E-state index is 13.0. The van der Waals surface area contributed by atoms with Crippen LogP contribution in [-0.4, -0.2) is 71.5 Å². The van der Waals surface area contributed by atoms with Gasteiger partial charge in [-0.05, 0) is 19.2 Å². The summed E-state index contributed by atoms with van der Waals surface area (Å²) in [6.45, 7) is 0.340. The van der Waals surface area contributed by atoms with Gasteiger partial charge in [-0.25, -0.2) is 9.59 Å².